The van der Waals surface area contributed by atoms with Gasteiger partial charge in [0.15, 0.2) is 12.4 Å². The highest BCUT2D eigenvalue weighted by Gasteiger charge is 2.28. The van der Waals surface area contributed by atoms with Crippen molar-refractivity contribution >= 4 is 40.3 Å². The van der Waals surface area contributed by atoms with Crippen LogP contribution < -0.4 is 20.3 Å². The van der Waals surface area contributed by atoms with E-state index in [0.717, 1.165) is 12.1 Å². The quantitative estimate of drug-likeness (QED) is 0.596. The summed E-state index contributed by atoms with van der Waals surface area (Å²) in [5.41, 5.74) is 1.36. The molecule has 1 atom stereocenters. The first-order valence-electron chi connectivity index (χ1n) is 8.62. The molecule has 1 saturated heterocycles. The topological polar surface area (TPSA) is 96.7 Å². The lowest BCUT2D eigenvalue weighted by molar-refractivity contribution is -0.384. The number of nitro groups is 1. The van der Waals surface area contributed by atoms with Crippen molar-refractivity contribution in [1.29, 1.82) is 0 Å². The summed E-state index contributed by atoms with van der Waals surface area (Å²) in [6, 6.07) is 7.28. The summed E-state index contributed by atoms with van der Waals surface area (Å²) in [7, 11) is 0. The number of nitrogens with one attached hydrogen (secondary N) is 2. The number of carbonyl (C=O) groups is 1. The maximum Gasteiger partial charge on any atom is 0.296 e. The lowest BCUT2D eigenvalue weighted by Crippen LogP contribution is -2.27. The number of ether oxygens (including phenoxy) is 1. The predicted molar refractivity (Wildman–Crippen MR) is 103 cm³/mol. The number of hydrogen-bond donors (Lipinski definition) is 2. The predicted octanol–water partition coefficient (Wildman–Crippen LogP) is 3.41. The molecular formula is C18H16ClFN4O4. The van der Waals surface area contributed by atoms with E-state index in [0.29, 0.717) is 24.5 Å². The average molecular weight is 407 g/mol. The molecule has 28 heavy (non-hydrogen) atoms. The van der Waals surface area contributed by atoms with Crippen LogP contribution in [-0.2, 0) is 4.79 Å². The van der Waals surface area contributed by atoms with Gasteiger partial charge in [-0.05, 0) is 30.7 Å². The van der Waals surface area contributed by atoms with Crippen LogP contribution in [0, 0.1) is 15.9 Å². The van der Waals surface area contributed by atoms with Crippen LogP contribution >= 0.6 is 11.6 Å². The van der Waals surface area contributed by atoms with Gasteiger partial charge in [0, 0.05) is 24.8 Å². The fraction of sp³-hybridized carbons (Fsp3) is 0.278. The van der Waals surface area contributed by atoms with Crippen LogP contribution in [0.25, 0.3) is 0 Å². The summed E-state index contributed by atoms with van der Waals surface area (Å²) in [6.45, 7) is 1.09. The molecule has 2 aliphatic rings. The zero-order valence-electron chi connectivity index (χ0n) is 14.6. The van der Waals surface area contributed by atoms with Crippen molar-refractivity contribution in [1.82, 2.24) is 0 Å². The fourth-order valence-corrected chi connectivity index (χ4v) is 3.57. The van der Waals surface area contributed by atoms with Gasteiger partial charge < -0.3 is 20.3 Å². The second-order valence-electron chi connectivity index (χ2n) is 6.63. The van der Waals surface area contributed by atoms with Crippen LogP contribution in [0.1, 0.15) is 6.42 Å². The lowest BCUT2D eigenvalue weighted by Gasteiger charge is -2.22. The molecule has 10 heteroatoms. The van der Waals surface area contributed by atoms with Crippen LogP contribution in [0.2, 0.25) is 5.02 Å². The molecular weight excluding hydrogens is 391 g/mol. The van der Waals surface area contributed by atoms with Crippen molar-refractivity contribution in [2.45, 2.75) is 12.5 Å². The molecule has 8 nitrogen and oxygen atoms in total. The van der Waals surface area contributed by atoms with Gasteiger partial charge in [0.05, 0.1) is 21.7 Å². The van der Waals surface area contributed by atoms with E-state index in [-0.39, 0.29) is 35.0 Å². The molecule has 2 aromatic carbocycles. The Bertz CT molecular complexity index is 971. The van der Waals surface area contributed by atoms with E-state index in [9.17, 15) is 19.3 Å². The summed E-state index contributed by atoms with van der Waals surface area (Å²) in [5, 5.41) is 17.3. The Balaban J connectivity index is 1.54. The molecule has 1 unspecified atom stereocenters. The van der Waals surface area contributed by atoms with E-state index >= 15 is 0 Å². The Hall–Kier alpha value is -3.07. The maximum atomic E-state index is 13.4. The van der Waals surface area contributed by atoms with E-state index < -0.39 is 10.7 Å². The largest absolute Gasteiger partial charge is 0.481 e. The van der Waals surface area contributed by atoms with Crippen LogP contribution in [0.4, 0.5) is 27.1 Å². The van der Waals surface area contributed by atoms with Gasteiger partial charge in [0.1, 0.15) is 11.5 Å². The first kappa shape index (κ1) is 18.3. The van der Waals surface area contributed by atoms with Crippen LogP contribution in [0.5, 0.6) is 5.75 Å². The van der Waals surface area contributed by atoms with E-state index in [1.54, 1.807) is 12.1 Å². The number of benzene rings is 2. The smallest absolute Gasteiger partial charge is 0.296 e. The van der Waals surface area contributed by atoms with E-state index in [1.807, 2.05) is 4.90 Å². The molecule has 146 valence electrons. The maximum absolute atomic E-state index is 13.4. The molecule has 0 spiro atoms. The van der Waals surface area contributed by atoms with Crippen molar-refractivity contribution in [2.75, 3.05) is 35.2 Å². The molecule has 2 aliphatic heterocycles. The summed E-state index contributed by atoms with van der Waals surface area (Å²) in [4.78, 5) is 24.5. The third-order valence-corrected chi connectivity index (χ3v) is 5.03. The van der Waals surface area contributed by atoms with Crippen LogP contribution in [-0.4, -0.2) is 36.6 Å². The number of halogens is 2. The SMILES string of the molecule is O=C1COc2cc([N+](=O)[O-])c(NC3CCN(c4ccc(F)c(Cl)c4)C3)cc2N1. The number of nitro benzene ring substituents is 1. The van der Waals surface area contributed by atoms with Gasteiger partial charge in [-0.15, -0.1) is 0 Å². The number of carbonyl (C=O) groups excluding carboxylic acids is 1. The number of fused-ring (bicyclic) bond motifs is 1. The molecule has 2 heterocycles. The summed E-state index contributed by atoms with van der Waals surface area (Å²) < 4.78 is 18.6. The first-order valence-corrected chi connectivity index (χ1v) is 9.00. The van der Waals surface area contributed by atoms with Crippen LogP contribution in [0.3, 0.4) is 0 Å². The van der Waals surface area contributed by atoms with Gasteiger partial charge in [-0.25, -0.2) is 4.39 Å². The highest BCUT2D eigenvalue weighted by molar-refractivity contribution is 6.31. The van der Waals surface area contributed by atoms with Gasteiger partial charge in [0.25, 0.3) is 11.6 Å². The number of nitrogens with zero attached hydrogens (tertiary/aromatic N) is 2. The van der Waals surface area contributed by atoms with Gasteiger partial charge in [-0.3, -0.25) is 14.9 Å². The number of hydrogen-bond acceptors (Lipinski definition) is 6. The molecule has 0 radical (unpaired) electrons. The Morgan fingerprint density at radius 3 is 2.93 bits per heavy atom. The van der Waals surface area contributed by atoms with Crippen molar-refractivity contribution in [3.63, 3.8) is 0 Å². The van der Waals surface area contributed by atoms with Crippen molar-refractivity contribution in [2.24, 2.45) is 0 Å². The van der Waals surface area contributed by atoms with Crippen molar-refractivity contribution in [3.8, 4) is 5.75 Å². The Kier molecular flexibility index (Phi) is 4.68. The lowest BCUT2D eigenvalue weighted by atomic mass is 10.1. The van der Waals surface area contributed by atoms with Crippen molar-refractivity contribution in [3.05, 3.63) is 51.3 Å². The molecule has 0 bridgehead atoms. The number of rotatable bonds is 4. The Labute approximate surface area is 164 Å². The second-order valence-corrected chi connectivity index (χ2v) is 7.04. The zero-order valence-corrected chi connectivity index (χ0v) is 15.3. The summed E-state index contributed by atoms with van der Waals surface area (Å²) in [5.74, 6) is -0.522. The third-order valence-electron chi connectivity index (χ3n) is 4.74. The normalized spacial score (nSPS) is 18.3. The van der Waals surface area contributed by atoms with E-state index in [1.165, 1.54) is 18.2 Å². The summed E-state index contributed by atoms with van der Waals surface area (Å²) >= 11 is 5.85. The average Bonchev–Trinajstić information content (AvgIpc) is 3.11. The van der Waals surface area contributed by atoms with E-state index in [4.69, 9.17) is 16.3 Å². The van der Waals surface area contributed by atoms with Crippen molar-refractivity contribution < 1.29 is 18.8 Å². The Morgan fingerprint density at radius 2 is 2.18 bits per heavy atom. The molecule has 2 aromatic rings. The second kappa shape index (κ2) is 7.16. The van der Waals surface area contributed by atoms with Gasteiger partial charge in [-0.2, -0.15) is 0 Å². The minimum atomic E-state index is -0.491. The van der Waals surface area contributed by atoms with Gasteiger partial charge in [-0.1, -0.05) is 11.6 Å². The molecule has 2 N–H and O–H groups in total. The number of anilines is 3. The fourth-order valence-electron chi connectivity index (χ4n) is 3.40. The first-order chi connectivity index (χ1) is 13.4. The highest BCUT2D eigenvalue weighted by atomic mass is 35.5. The molecule has 4 rings (SSSR count). The standard InChI is InChI=1S/C18H16ClFN4O4/c19-12-5-11(1-2-13(12)20)23-4-3-10(8-23)21-14-6-15-17(7-16(14)24(26)27)28-9-18(25)22-15/h1-2,5-7,10,21H,3-4,8-9H2,(H,22,25). The van der Waals surface area contributed by atoms with Gasteiger partial charge in [0.2, 0.25) is 0 Å². The van der Waals surface area contributed by atoms with Crippen LogP contribution in [0.15, 0.2) is 30.3 Å². The summed E-state index contributed by atoms with van der Waals surface area (Å²) in [6.07, 6.45) is 0.728. The van der Waals surface area contributed by atoms with Gasteiger partial charge >= 0.3 is 0 Å². The molecule has 0 aliphatic carbocycles. The minimum absolute atomic E-state index is 0.0509. The minimum Gasteiger partial charge on any atom is -0.481 e. The molecule has 0 aromatic heterocycles. The molecule has 1 fully saturated rings. The zero-order chi connectivity index (χ0) is 19.8. The number of amides is 1. The molecule has 0 saturated carbocycles. The Morgan fingerprint density at radius 1 is 1.36 bits per heavy atom. The monoisotopic (exact) mass is 406 g/mol. The molecule has 1 amide bonds. The highest BCUT2D eigenvalue weighted by Crippen LogP contribution is 2.38. The van der Waals surface area contributed by atoms with E-state index in [2.05, 4.69) is 10.6 Å². The third kappa shape index (κ3) is 3.53.